The van der Waals surface area contributed by atoms with Gasteiger partial charge in [-0.15, -0.1) is 0 Å². The van der Waals surface area contributed by atoms with Crippen molar-refractivity contribution in [3.63, 3.8) is 0 Å². The van der Waals surface area contributed by atoms with Crippen molar-refractivity contribution in [2.75, 3.05) is 11.4 Å². The summed E-state index contributed by atoms with van der Waals surface area (Å²) in [6.45, 7) is 6.49. The third kappa shape index (κ3) is 2.26. The Bertz CT molecular complexity index is 733. The van der Waals surface area contributed by atoms with Crippen molar-refractivity contribution in [2.24, 2.45) is 0 Å². The van der Waals surface area contributed by atoms with Gasteiger partial charge in [0, 0.05) is 30.6 Å². The Hall–Kier alpha value is -2.37. The molecule has 21 heavy (non-hydrogen) atoms. The van der Waals surface area contributed by atoms with Crippen LogP contribution >= 0.6 is 0 Å². The fourth-order valence-electron chi connectivity index (χ4n) is 2.64. The largest absolute Gasteiger partial charge is 0.330 e. The van der Waals surface area contributed by atoms with E-state index < -0.39 is 0 Å². The van der Waals surface area contributed by atoms with Gasteiger partial charge in [0.15, 0.2) is 0 Å². The number of pyridine rings is 1. The topological polar surface area (TPSA) is 67.2 Å². The van der Waals surface area contributed by atoms with Crippen LogP contribution in [0.4, 0.5) is 10.5 Å². The zero-order valence-corrected chi connectivity index (χ0v) is 12.4. The Kier molecular flexibility index (Phi) is 3.16. The molecule has 3 rings (SSSR count). The number of nitrogens with zero attached hydrogens (tertiary/aromatic N) is 3. The number of imide groups is 1. The molecule has 2 aromatic rings. The Balaban J connectivity index is 2.06. The second-order valence-electron chi connectivity index (χ2n) is 5.58. The predicted octanol–water partition coefficient (Wildman–Crippen LogP) is 2.37. The van der Waals surface area contributed by atoms with Crippen LogP contribution in [0.25, 0.3) is 11.0 Å². The number of carbonyl (C=O) groups excluding carboxylic acids is 2. The second kappa shape index (κ2) is 4.87. The average Bonchev–Trinajstić information content (AvgIpc) is 2.81. The molecule has 1 N–H and O–H groups in total. The summed E-state index contributed by atoms with van der Waals surface area (Å²) in [7, 11) is 0. The molecule has 1 aliphatic rings. The molecule has 6 nitrogen and oxygen atoms in total. The van der Waals surface area contributed by atoms with E-state index in [2.05, 4.69) is 28.7 Å². The van der Waals surface area contributed by atoms with Gasteiger partial charge >= 0.3 is 6.03 Å². The molecule has 0 radical (unpaired) electrons. The van der Waals surface area contributed by atoms with Gasteiger partial charge in [0.2, 0.25) is 5.91 Å². The van der Waals surface area contributed by atoms with Crippen molar-refractivity contribution in [1.29, 1.82) is 0 Å². The Morgan fingerprint density at radius 2 is 2.10 bits per heavy atom. The van der Waals surface area contributed by atoms with Crippen LogP contribution < -0.4 is 10.2 Å². The average molecular weight is 286 g/mol. The number of fused-ring (bicyclic) bond motifs is 1. The Morgan fingerprint density at radius 1 is 1.33 bits per heavy atom. The quantitative estimate of drug-likeness (QED) is 0.921. The maximum Gasteiger partial charge on any atom is 0.328 e. The third-order valence-electron chi connectivity index (χ3n) is 3.76. The van der Waals surface area contributed by atoms with Gasteiger partial charge in [-0.2, -0.15) is 0 Å². The first-order valence-corrected chi connectivity index (χ1v) is 7.07. The van der Waals surface area contributed by atoms with E-state index in [-0.39, 0.29) is 11.9 Å². The summed E-state index contributed by atoms with van der Waals surface area (Å²) in [5.41, 5.74) is 2.46. The molecule has 0 bridgehead atoms. The molecule has 0 aromatic carbocycles. The second-order valence-corrected chi connectivity index (χ2v) is 5.58. The van der Waals surface area contributed by atoms with Crippen LogP contribution in [-0.2, 0) is 4.79 Å². The van der Waals surface area contributed by atoms with E-state index in [1.165, 1.54) is 0 Å². The molecule has 110 valence electrons. The number of hydrogen-bond donors (Lipinski definition) is 1. The van der Waals surface area contributed by atoms with Crippen molar-refractivity contribution in [2.45, 2.75) is 33.2 Å². The number of urea groups is 1. The molecule has 1 saturated heterocycles. The first-order chi connectivity index (χ1) is 9.97. The summed E-state index contributed by atoms with van der Waals surface area (Å²) < 4.78 is 2.10. The van der Waals surface area contributed by atoms with Crippen LogP contribution in [0.3, 0.4) is 0 Å². The summed E-state index contributed by atoms with van der Waals surface area (Å²) in [6, 6.07) is 3.92. The minimum absolute atomic E-state index is 0.228. The van der Waals surface area contributed by atoms with Gasteiger partial charge in [-0.25, -0.2) is 9.78 Å². The van der Waals surface area contributed by atoms with E-state index in [9.17, 15) is 9.59 Å². The zero-order chi connectivity index (χ0) is 15.1. The predicted molar refractivity (Wildman–Crippen MR) is 80.4 cm³/mol. The summed E-state index contributed by atoms with van der Waals surface area (Å²) in [5, 5.41) is 3.34. The van der Waals surface area contributed by atoms with E-state index in [0.29, 0.717) is 19.0 Å². The smallest absolute Gasteiger partial charge is 0.328 e. The van der Waals surface area contributed by atoms with Crippen LogP contribution in [0, 0.1) is 6.92 Å². The minimum atomic E-state index is -0.376. The van der Waals surface area contributed by atoms with Gasteiger partial charge < -0.3 is 4.57 Å². The van der Waals surface area contributed by atoms with Crippen LogP contribution in [0.1, 0.15) is 32.0 Å². The highest BCUT2D eigenvalue weighted by molar-refractivity contribution is 6.06. The summed E-state index contributed by atoms with van der Waals surface area (Å²) >= 11 is 0. The maximum absolute atomic E-state index is 12.0. The highest BCUT2D eigenvalue weighted by atomic mass is 16.2. The van der Waals surface area contributed by atoms with Gasteiger partial charge in [0.05, 0.1) is 11.4 Å². The molecule has 0 aliphatic carbocycles. The van der Waals surface area contributed by atoms with Crippen molar-refractivity contribution in [3.8, 4) is 0 Å². The number of anilines is 1. The van der Waals surface area contributed by atoms with E-state index in [0.717, 1.165) is 22.4 Å². The van der Waals surface area contributed by atoms with E-state index in [1.54, 1.807) is 4.90 Å². The molecule has 3 heterocycles. The lowest BCUT2D eigenvalue weighted by atomic mass is 10.2. The highest BCUT2D eigenvalue weighted by Gasteiger charge is 2.26. The van der Waals surface area contributed by atoms with Crippen LogP contribution in [0.2, 0.25) is 0 Å². The van der Waals surface area contributed by atoms with E-state index in [4.69, 9.17) is 0 Å². The van der Waals surface area contributed by atoms with Crippen LogP contribution in [0.5, 0.6) is 0 Å². The number of amides is 3. The summed E-state index contributed by atoms with van der Waals surface area (Å²) in [5.74, 6) is -0.228. The standard InChI is InChI=1S/C15H18N4O2/c1-9(2)18-6-4-11-8-12(10(3)16-14(11)18)19-7-5-13(20)17-15(19)21/h4,6,8-9H,5,7H2,1-3H3,(H,17,20,21). The fourth-order valence-corrected chi connectivity index (χ4v) is 2.64. The molecule has 0 unspecified atom stereocenters. The Morgan fingerprint density at radius 3 is 2.76 bits per heavy atom. The van der Waals surface area contributed by atoms with Gasteiger partial charge in [-0.05, 0) is 32.9 Å². The lowest BCUT2D eigenvalue weighted by molar-refractivity contribution is -0.120. The fraction of sp³-hybridized carbons (Fsp3) is 0.400. The van der Waals surface area contributed by atoms with Crippen molar-refractivity contribution < 1.29 is 9.59 Å². The number of hydrogen-bond acceptors (Lipinski definition) is 3. The highest BCUT2D eigenvalue weighted by Crippen LogP contribution is 2.27. The molecule has 3 amide bonds. The molecule has 0 atom stereocenters. The van der Waals surface area contributed by atoms with Crippen LogP contribution in [0.15, 0.2) is 18.3 Å². The normalized spacial score (nSPS) is 15.9. The molecule has 6 heteroatoms. The SMILES string of the molecule is Cc1nc2c(ccn2C(C)C)cc1N1CCC(=O)NC1=O. The van der Waals surface area contributed by atoms with Gasteiger partial charge in [-0.3, -0.25) is 15.0 Å². The molecular weight excluding hydrogens is 268 g/mol. The number of aryl methyl sites for hydroxylation is 1. The molecule has 1 aliphatic heterocycles. The number of nitrogens with one attached hydrogen (secondary N) is 1. The molecule has 0 saturated carbocycles. The molecule has 2 aromatic heterocycles. The maximum atomic E-state index is 12.0. The number of aromatic nitrogens is 2. The van der Waals surface area contributed by atoms with Crippen molar-refractivity contribution >= 4 is 28.7 Å². The summed E-state index contributed by atoms with van der Waals surface area (Å²) in [4.78, 5) is 29.4. The molecule has 0 spiro atoms. The van der Waals surface area contributed by atoms with Gasteiger partial charge in [0.25, 0.3) is 0 Å². The lowest BCUT2D eigenvalue weighted by Gasteiger charge is -2.27. The number of rotatable bonds is 2. The minimum Gasteiger partial charge on any atom is -0.330 e. The van der Waals surface area contributed by atoms with Crippen molar-refractivity contribution in [3.05, 3.63) is 24.0 Å². The Labute approximate surface area is 122 Å². The summed E-state index contributed by atoms with van der Waals surface area (Å²) in [6.07, 6.45) is 2.32. The molecular formula is C15H18N4O2. The first-order valence-electron chi connectivity index (χ1n) is 7.07. The van der Waals surface area contributed by atoms with E-state index in [1.807, 2.05) is 25.3 Å². The van der Waals surface area contributed by atoms with E-state index >= 15 is 0 Å². The van der Waals surface area contributed by atoms with Crippen LogP contribution in [-0.4, -0.2) is 28.0 Å². The third-order valence-corrected chi connectivity index (χ3v) is 3.76. The van der Waals surface area contributed by atoms with Crippen molar-refractivity contribution in [1.82, 2.24) is 14.9 Å². The monoisotopic (exact) mass is 286 g/mol. The van der Waals surface area contributed by atoms with Gasteiger partial charge in [-0.1, -0.05) is 0 Å². The zero-order valence-electron chi connectivity index (χ0n) is 12.4. The van der Waals surface area contributed by atoms with Gasteiger partial charge in [0.1, 0.15) is 5.65 Å². The number of carbonyl (C=O) groups is 2. The first kappa shape index (κ1) is 13.6. The lowest BCUT2D eigenvalue weighted by Crippen LogP contribution is -2.49. The molecule has 1 fully saturated rings.